The van der Waals surface area contributed by atoms with Crippen molar-refractivity contribution in [2.45, 2.75) is 12.8 Å². The van der Waals surface area contributed by atoms with Crippen molar-refractivity contribution in [2.75, 3.05) is 0 Å². The molecule has 0 unspecified atom stereocenters. The molecule has 0 fully saturated rings. The molecule has 0 N–H and O–H groups in total. The van der Waals surface area contributed by atoms with E-state index in [0.29, 0.717) is 0 Å². The summed E-state index contributed by atoms with van der Waals surface area (Å²) in [5, 5.41) is 8.75. The van der Waals surface area contributed by atoms with Gasteiger partial charge in [-0.3, -0.25) is 0 Å². The number of hydrogen-bond acceptors (Lipinski definition) is 2. The second-order valence-corrected chi connectivity index (χ2v) is 5.38. The van der Waals surface area contributed by atoms with Crippen molar-refractivity contribution < 1.29 is 0 Å². The van der Waals surface area contributed by atoms with Gasteiger partial charge in [0.2, 0.25) is 0 Å². The van der Waals surface area contributed by atoms with Gasteiger partial charge in [0.1, 0.15) is 0 Å². The van der Waals surface area contributed by atoms with Gasteiger partial charge in [-0.05, 0) is 36.1 Å². The maximum atomic E-state index is 4.38. The van der Waals surface area contributed by atoms with Gasteiger partial charge in [-0.25, -0.2) is 0 Å². The Hall–Kier alpha value is -1.74. The summed E-state index contributed by atoms with van der Waals surface area (Å²) < 4.78 is 1.08. The van der Waals surface area contributed by atoms with Crippen LogP contribution in [0.3, 0.4) is 0 Å². The van der Waals surface area contributed by atoms with Crippen molar-refractivity contribution in [1.82, 2.24) is 0 Å². The zero-order chi connectivity index (χ0) is 13.1. The zero-order valence-electron chi connectivity index (χ0n) is 10.4. The second kappa shape index (κ2) is 5.49. The minimum atomic E-state index is 0.940. The molecule has 0 radical (unpaired) electrons. The molecule has 1 aliphatic rings. The van der Waals surface area contributed by atoms with Crippen molar-refractivity contribution in [3.63, 3.8) is 0 Å². The number of rotatable bonds is 2. The Balaban J connectivity index is 1.86. The van der Waals surface area contributed by atoms with Crippen molar-refractivity contribution in [2.24, 2.45) is 10.2 Å². The van der Waals surface area contributed by atoms with Crippen LogP contribution in [0.5, 0.6) is 0 Å². The molecule has 1 aliphatic heterocycles. The fraction of sp³-hybridized carbons (Fsp3) is 0.125. The molecule has 0 atom stereocenters. The highest BCUT2D eigenvalue weighted by Gasteiger charge is 2.12. The third-order valence-electron chi connectivity index (χ3n) is 3.17. The standard InChI is InChI=1S/C16H13BrN2/c17-14-8-6-13(7-9-14)16-11-10-15(18-19-16)12-4-2-1-3-5-12/h1-9H,10-11H2. The van der Waals surface area contributed by atoms with E-state index >= 15 is 0 Å². The minimum Gasteiger partial charge on any atom is -0.155 e. The van der Waals surface area contributed by atoms with Crippen LogP contribution in [-0.4, -0.2) is 11.4 Å². The Morgan fingerprint density at radius 3 is 1.74 bits per heavy atom. The monoisotopic (exact) mass is 312 g/mol. The topological polar surface area (TPSA) is 24.7 Å². The van der Waals surface area contributed by atoms with E-state index in [1.165, 1.54) is 5.56 Å². The van der Waals surface area contributed by atoms with Gasteiger partial charge in [-0.2, -0.15) is 10.2 Å². The Labute approximate surface area is 121 Å². The fourth-order valence-corrected chi connectivity index (χ4v) is 2.40. The largest absolute Gasteiger partial charge is 0.155 e. The van der Waals surface area contributed by atoms with Gasteiger partial charge >= 0.3 is 0 Å². The number of hydrogen-bond donors (Lipinski definition) is 0. The first kappa shape index (κ1) is 12.3. The van der Waals surface area contributed by atoms with Crippen LogP contribution in [0.25, 0.3) is 0 Å². The maximum absolute atomic E-state index is 4.38. The molecule has 0 aromatic heterocycles. The Bertz CT molecular complexity index is 628. The van der Waals surface area contributed by atoms with Crippen LogP contribution in [0.2, 0.25) is 0 Å². The molecule has 1 heterocycles. The van der Waals surface area contributed by atoms with E-state index in [2.05, 4.69) is 50.4 Å². The van der Waals surface area contributed by atoms with E-state index in [9.17, 15) is 0 Å². The van der Waals surface area contributed by atoms with Gasteiger partial charge in [0.05, 0.1) is 11.4 Å². The molecule has 94 valence electrons. The third-order valence-corrected chi connectivity index (χ3v) is 3.70. The molecule has 0 aliphatic carbocycles. The molecule has 0 saturated carbocycles. The lowest BCUT2D eigenvalue weighted by atomic mass is 9.99. The highest BCUT2D eigenvalue weighted by Crippen LogP contribution is 2.18. The lowest BCUT2D eigenvalue weighted by Crippen LogP contribution is -2.11. The summed E-state index contributed by atoms with van der Waals surface area (Å²) in [6, 6.07) is 18.5. The predicted molar refractivity (Wildman–Crippen MR) is 82.9 cm³/mol. The molecular weight excluding hydrogens is 300 g/mol. The molecule has 0 spiro atoms. The van der Waals surface area contributed by atoms with E-state index in [1.54, 1.807) is 0 Å². The molecule has 2 nitrogen and oxygen atoms in total. The predicted octanol–water partition coefficient (Wildman–Crippen LogP) is 4.44. The molecule has 3 heteroatoms. The smallest absolute Gasteiger partial charge is 0.0706 e. The first-order valence-electron chi connectivity index (χ1n) is 6.28. The summed E-state index contributed by atoms with van der Waals surface area (Å²) in [7, 11) is 0. The lowest BCUT2D eigenvalue weighted by Gasteiger charge is -2.12. The minimum absolute atomic E-state index is 0.940. The van der Waals surface area contributed by atoms with Crippen molar-refractivity contribution in [3.05, 3.63) is 70.2 Å². The van der Waals surface area contributed by atoms with Crippen LogP contribution in [0, 0.1) is 0 Å². The van der Waals surface area contributed by atoms with E-state index in [0.717, 1.165) is 34.3 Å². The zero-order valence-corrected chi connectivity index (χ0v) is 12.0. The van der Waals surface area contributed by atoms with Crippen LogP contribution in [-0.2, 0) is 0 Å². The van der Waals surface area contributed by atoms with E-state index in [-0.39, 0.29) is 0 Å². The summed E-state index contributed by atoms with van der Waals surface area (Å²) in [6.07, 6.45) is 1.88. The molecule has 3 rings (SSSR count). The molecule has 2 aromatic rings. The molecule has 0 saturated heterocycles. The van der Waals surface area contributed by atoms with Crippen molar-refractivity contribution in [1.29, 1.82) is 0 Å². The lowest BCUT2D eigenvalue weighted by molar-refractivity contribution is 1.04. The highest BCUT2D eigenvalue weighted by molar-refractivity contribution is 9.10. The quantitative estimate of drug-likeness (QED) is 0.783. The molecular formula is C16H13BrN2. The first-order chi connectivity index (χ1) is 9.33. The van der Waals surface area contributed by atoms with E-state index in [1.807, 2.05) is 30.3 Å². The van der Waals surface area contributed by atoms with Crippen molar-refractivity contribution >= 4 is 27.4 Å². The van der Waals surface area contributed by atoms with Gasteiger partial charge in [0.15, 0.2) is 0 Å². The number of benzene rings is 2. The molecule has 0 bridgehead atoms. The summed E-state index contributed by atoms with van der Waals surface area (Å²) >= 11 is 3.44. The van der Waals surface area contributed by atoms with Crippen LogP contribution < -0.4 is 0 Å². The fourth-order valence-electron chi connectivity index (χ4n) is 2.13. The average Bonchev–Trinajstić information content (AvgIpc) is 2.49. The Morgan fingerprint density at radius 1 is 0.684 bits per heavy atom. The summed E-state index contributed by atoms with van der Waals surface area (Å²) in [6.45, 7) is 0. The van der Waals surface area contributed by atoms with Gasteiger partial charge in [0, 0.05) is 4.47 Å². The molecule has 2 aromatic carbocycles. The summed E-state index contributed by atoms with van der Waals surface area (Å²) in [4.78, 5) is 0. The SMILES string of the molecule is Brc1ccc(C2=NN=C(c3ccccc3)CC2)cc1. The van der Waals surface area contributed by atoms with Crippen LogP contribution in [0.15, 0.2) is 69.3 Å². The van der Waals surface area contributed by atoms with Crippen LogP contribution in [0.1, 0.15) is 24.0 Å². The highest BCUT2D eigenvalue weighted by atomic mass is 79.9. The van der Waals surface area contributed by atoms with Gasteiger partial charge in [-0.1, -0.05) is 58.4 Å². The van der Waals surface area contributed by atoms with Gasteiger partial charge in [-0.15, -0.1) is 0 Å². The second-order valence-electron chi connectivity index (χ2n) is 4.47. The van der Waals surface area contributed by atoms with Crippen LogP contribution >= 0.6 is 15.9 Å². The van der Waals surface area contributed by atoms with Gasteiger partial charge < -0.3 is 0 Å². The third kappa shape index (κ3) is 2.82. The Kier molecular flexibility index (Phi) is 3.56. The number of halogens is 1. The molecule has 19 heavy (non-hydrogen) atoms. The summed E-state index contributed by atoms with van der Waals surface area (Å²) in [5.74, 6) is 0. The number of nitrogens with zero attached hydrogens (tertiary/aromatic N) is 2. The first-order valence-corrected chi connectivity index (χ1v) is 7.07. The van der Waals surface area contributed by atoms with E-state index in [4.69, 9.17) is 0 Å². The van der Waals surface area contributed by atoms with E-state index < -0.39 is 0 Å². The normalized spacial score (nSPS) is 14.8. The van der Waals surface area contributed by atoms with Gasteiger partial charge in [0.25, 0.3) is 0 Å². The maximum Gasteiger partial charge on any atom is 0.0706 e. The van der Waals surface area contributed by atoms with Crippen LogP contribution in [0.4, 0.5) is 0 Å². The van der Waals surface area contributed by atoms with Crippen molar-refractivity contribution in [3.8, 4) is 0 Å². The average molecular weight is 313 g/mol. The Morgan fingerprint density at radius 2 is 1.21 bits per heavy atom. The molecule has 0 amide bonds. The summed E-state index contributed by atoms with van der Waals surface area (Å²) in [5.41, 5.74) is 4.45.